The van der Waals surface area contributed by atoms with E-state index in [1.165, 1.54) is 6.20 Å². The van der Waals surface area contributed by atoms with Crippen molar-refractivity contribution in [1.29, 1.82) is 0 Å². The smallest absolute Gasteiger partial charge is 0.363 e. The number of rotatable bonds is 9. The van der Waals surface area contributed by atoms with E-state index in [1.54, 1.807) is 51.1 Å². The molecule has 0 saturated carbocycles. The largest absolute Gasteiger partial charge is 0.495 e. The molecule has 0 fully saturated rings. The number of nitrogens with one attached hydrogen (secondary N) is 1. The van der Waals surface area contributed by atoms with E-state index in [2.05, 4.69) is 25.1 Å². The second-order valence-corrected chi connectivity index (χ2v) is 10.4. The van der Waals surface area contributed by atoms with Crippen LogP contribution in [-0.4, -0.2) is 46.2 Å². The van der Waals surface area contributed by atoms with Crippen molar-refractivity contribution in [2.24, 2.45) is 0 Å². The lowest BCUT2D eigenvalue weighted by atomic mass is 10.1. The number of halogens is 5. The fourth-order valence-electron chi connectivity index (χ4n) is 3.30. The number of alkyl halides is 3. The number of pyridine rings is 1. The van der Waals surface area contributed by atoms with Crippen molar-refractivity contribution < 1.29 is 42.1 Å². The third-order valence-corrected chi connectivity index (χ3v) is 6.76. The van der Waals surface area contributed by atoms with Crippen LogP contribution in [0.3, 0.4) is 0 Å². The average molecular weight is 620 g/mol. The summed E-state index contributed by atoms with van der Waals surface area (Å²) in [4.78, 5) is 52.6. The Balaban J connectivity index is 1.66. The first-order valence-corrected chi connectivity index (χ1v) is 13.1. The van der Waals surface area contributed by atoms with E-state index in [-0.39, 0.29) is 13.0 Å². The molecule has 3 aromatic rings. The van der Waals surface area contributed by atoms with Gasteiger partial charge in [0, 0.05) is 23.2 Å². The number of carbonyl (C=O) groups is 3. The first-order chi connectivity index (χ1) is 18.7. The first-order valence-electron chi connectivity index (χ1n) is 11.5. The molecule has 0 saturated heterocycles. The Morgan fingerprint density at radius 3 is 2.48 bits per heavy atom. The Labute approximate surface area is 240 Å². The van der Waals surface area contributed by atoms with Crippen molar-refractivity contribution in [3.05, 3.63) is 68.4 Å². The molecular formula is C25H22Cl2F3N3O6S. The van der Waals surface area contributed by atoms with E-state index in [1.807, 2.05) is 0 Å². The highest BCUT2D eigenvalue weighted by molar-refractivity contribution is 7.17. The van der Waals surface area contributed by atoms with Crippen LogP contribution in [0.25, 0.3) is 10.6 Å². The number of carbonyl (C=O) groups excluding carboxylic acids is 3. The minimum atomic E-state index is -5.33. The van der Waals surface area contributed by atoms with Crippen molar-refractivity contribution in [3.63, 3.8) is 0 Å². The molecule has 0 aliphatic heterocycles. The Bertz CT molecular complexity index is 1400. The number of ether oxygens (including phenoxy) is 1. The summed E-state index contributed by atoms with van der Waals surface area (Å²) >= 11 is 13.4. The van der Waals surface area contributed by atoms with Gasteiger partial charge in [0.2, 0.25) is 0 Å². The van der Waals surface area contributed by atoms with Crippen LogP contribution in [0.4, 0.5) is 13.2 Å². The van der Waals surface area contributed by atoms with Crippen LogP contribution in [0.2, 0.25) is 10.0 Å². The van der Waals surface area contributed by atoms with Gasteiger partial charge in [-0.1, -0.05) is 23.2 Å². The SMILES string of the molecule is Cc1nc(-c2ccc(Cl)cc2Cl)sc1C(=O)NCc1cc(CC(OC(C)C)C(=O)OOC(=O)C(F)(F)F)ccn1. The molecule has 1 aromatic carbocycles. The van der Waals surface area contributed by atoms with E-state index in [0.717, 1.165) is 11.3 Å². The van der Waals surface area contributed by atoms with Gasteiger partial charge in [-0.05, 0) is 56.7 Å². The number of nitrogens with zero attached hydrogens (tertiary/aromatic N) is 2. The molecule has 0 aliphatic rings. The van der Waals surface area contributed by atoms with Gasteiger partial charge in [-0.25, -0.2) is 24.3 Å². The molecule has 9 nitrogen and oxygen atoms in total. The summed E-state index contributed by atoms with van der Waals surface area (Å²) < 4.78 is 42.4. The quantitative estimate of drug-likeness (QED) is 0.241. The minimum Gasteiger partial charge on any atom is -0.363 e. The van der Waals surface area contributed by atoms with Crippen molar-refractivity contribution in [2.45, 2.75) is 52.1 Å². The molecule has 40 heavy (non-hydrogen) atoms. The van der Waals surface area contributed by atoms with Crippen LogP contribution < -0.4 is 5.32 Å². The van der Waals surface area contributed by atoms with E-state index in [4.69, 9.17) is 27.9 Å². The zero-order valence-corrected chi connectivity index (χ0v) is 23.5. The summed E-state index contributed by atoms with van der Waals surface area (Å²) in [6.45, 7) is 4.91. The molecule has 2 aromatic heterocycles. The number of hydrogen-bond donors (Lipinski definition) is 1. The summed E-state index contributed by atoms with van der Waals surface area (Å²) in [6, 6.07) is 8.09. The fraction of sp³-hybridized carbons (Fsp3) is 0.320. The van der Waals surface area contributed by atoms with Crippen LogP contribution >= 0.6 is 34.5 Å². The maximum atomic E-state index is 12.9. The first kappa shape index (κ1) is 31.3. The topological polar surface area (TPSA) is 117 Å². The van der Waals surface area contributed by atoms with Crippen LogP contribution in [0, 0.1) is 6.92 Å². The van der Waals surface area contributed by atoms with Gasteiger partial charge in [0.05, 0.1) is 29.1 Å². The zero-order valence-electron chi connectivity index (χ0n) is 21.2. The lowest BCUT2D eigenvalue weighted by Gasteiger charge is -2.18. The number of hydrogen-bond acceptors (Lipinski definition) is 9. The van der Waals surface area contributed by atoms with Gasteiger partial charge in [-0.3, -0.25) is 9.78 Å². The normalized spacial score (nSPS) is 12.2. The highest BCUT2D eigenvalue weighted by atomic mass is 35.5. The van der Waals surface area contributed by atoms with Gasteiger partial charge in [-0.15, -0.1) is 11.3 Å². The molecule has 1 atom stereocenters. The van der Waals surface area contributed by atoms with Crippen LogP contribution in [0.15, 0.2) is 36.5 Å². The molecule has 214 valence electrons. The summed E-state index contributed by atoms with van der Waals surface area (Å²) in [5.41, 5.74) is 2.06. The standard InChI is InChI=1S/C25H22Cl2F3N3O6S/c1-12(2)37-19(23(35)38-39-24(36)25(28,29)30)9-14-6-7-31-16(8-14)11-32-21(34)20-13(3)33-22(40-20)17-5-4-15(26)10-18(17)27/h4-8,10,12,19H,9,11H2,1-3H3,(H,32,34). The highest BCUT2D eigenvalue weighted by Gasteiger charge is 2.43. The summed E-state index contributed by atoms with van der Waals surface area (Å²) in [7, 11) is 0. The third kappa shape index (κ3) is 8.62. The highest BCUT2D eigenvalue weighted by Crippen LogP contribution is 2.34. The Morgan fingerprint density at radius 1 is 1.10 bits per heavy atom. The predicted molar refractivity (Wildman–Crippen MR) is 140 cm³/mol. The van der Waals surface area contributed by atoms with E-state index >= 15 is 0 Å². The van der Waals surface area contributed by atoms with Gasteiger partial charge < -0.3 is 10.1 Å². The number of aryl methyl sites for hydroxylation is 1. The van der Waals surface area contributed by atoms with E-state index in [9.17, 15) is 27.6 Å². The Hall–Kier alpha value is -3.26. The number of benzene rings is 1. The molecule has 1 N–H and O–H groups in total. The lowest BCUT2D eigenvalue weighted by molar-refractivity contribution is -0.290. The molecule has 1 amide bonds. The molecule has 2 heterocycles. The number of thiazole rings is 1. The van der Waals surface area contributed by atoms with Crippen LogP contribution in [0.5, 0.6) is 0 Å². The Morgan fingerprint density at radius 2 is 1.82 bits per heavy atom. The van der Waals surface area contributed by atoms with Gasteiger partial charge in [-0.2, -0.15) is 13.2 Å². The van der Waals surface area contributed by atoms with Crippen LogP contribution in [-0.2, 0) is 37.1 Å². The van der Waals surface area contributed by atoms with Gasteiger partial charge in [0.15, 0.2) is 6.10 Å². The molecule has 15 heteroatoms. The summed E-state index contributed by atoms with van der Waals surface area (Å²) in [5.74, 6) is -4.39. The molecule has 0 spiro atoms. The van der Waals surface area contributed by atoms with Crippen LogP contribution in [0.1, 0.15) is 40.5 Å². The zero-order chi connectivity index (χ0) is 29.6. The van der Waals surface area contributed by atoms with Crippen molar-refractivity contribution in [3.8, 4) is 10.6 Å². The molecule has 0 bridgehead atoms. The molecule has 3 rings (SSSR count). The molecular weight excluding hydrogens is 598 g/mol. The third-order valence-electron chi connectivity index (χ3n) is 5.03. The molecule has 0 radical (unpaired) electrons. The maximum absolute atomic E-state index is 12.9. The van der Waals surface area contributed by atoms with Gasteiger partial charge >= 0.3 is 18.1 Å². The Kier molecular flexibility index (Phi) is 10.5. The molecule has 1 unspecified atom stereocenters. The number of amides is 1. The van der Waals surface area contributed by atoms with Gasteiger partial charge in [0.1, 0.15) is 9.88 Å². The number of aromatic nitrogens is 2. The lowest BCUT2D eigenvalue weighted by Crippen LogP contribution is -2.34. The van der Waals surface area contributed by atoms with Crippen molar-refractivity contribution in [2.75, 3.05) is 0 Å². The van der Waals surface area contributed by atoms with E-state index in [0.29, 0.717) is 42.4 Å². The van der Waals surface area contributed by atoms with E-state index < -0.39 is 36.2 Å². The maximum Gasteiger partial charge on any atom is 0.495 e. The second kappa shape index (κ2) is 13.4. The fourth-order valence-corrected chi connectivity index (χ4v) is 4.87. The monoisotopic (exact) mass is 619 g/mol. The predicted octanol–water partition coefficient (Wildman–Crippen LogP) is 5.65. The van der Waals surface area contributed by atoms with Crippen molar-refractivity contribution >= 4 is 52.4 Å². The van der Waals surface area contributed by atoms with Crippen molar-refractivity contribution in [1.82, 2.24) is 15.3 Å². The average Bonchev–Trinajstić information content (AvgIpc) is 3.25. The second-order valence-electron chi connectivity index (χ2n) is 8.54. The summed E-state index contributed by atoms with van der Waals surface area (Å²) in [6.07, 6.45) is -5.93. The van der Waals surface area contributed by atoms with Gasteiger partial charge in [0.25, 0.3) is 5.91 Å². The summed E-state index contributed by atoms with van der Waals surface area (Å²) in [5, 5.41) is 4.17. The molecule has 0 aliphatic carbocycles. The minimum absolute atomic E-state index is 0.0182.